The summed E-state index contributed by atoms with van der Waals surface area (Å²) >= 11 is 0. The smallest absolute Gasteiger partial charge is 0.230 e. The molecule has 4 aliphatic rings. The maximum Gasteiger partial charge on any atom is 0.230 e. The highest BCUT2D eigenvalue weighted by atomic mass is 16.2. The molecular formula is C45H42N2O. The zero-order valence-electron chi connectivity index (χ0n) is 27.6. The van der Waals surface area contributed by atoms with Gasteiger partial charge in [-0.1, -0.05) is 121 Å². The van der Waals surface area contributed by atoms with Crippen molar-refractivity contribution in [2.75, 3.05) is 5.32 Å². The van der Waals surface area contributed by atoms with E-state index < -0.39 is 0 Å². The zero-order chi connectivity index (χ0) is 32.2. The van der Waals surface area contributed by atoms with E-state index in [1.54, 1.807) is 0 Å². The van der Waals surface area contributed by atoms with Crippen LogP contribution in [-0.2, 0) is 4.79 Å². The van der Waals surface area contributed by atoms with Gasteiger partial charge in [-0.05, 0) is 104 Å². The number of anilines is 1. The molecule has 1 N–H and O–H groups in total. The van der Waals surface area contributed by atoms with Gasteiger partial charge in [0.1, 0.15) is 0 Å². The summed E-state index contributed by atoms with van der Waals surface area (Å²) in [6.45, 7) is 2.15. The number of nitrogens with one attached hydrogen (secondary N) is 1. The lowest BCUT2D eigenvalue weighted by Crippen LogP contribution is -2.51. The standard InChI is InChI=1S/C45H42N2O/c1-30-16-18-36(19-17-30)42(37-20-22-38(23-21-37)46-44(48)45-27-31-24-32(28-45)26-33(25-31)29-45)47-40-15-9-8-14-39(40)41(34-10-4-2-5-11-34)43(47)35-12-6-3-7-13-35/h2-23,31-33,42H,24-29H2,1H3,(H,46,48)/t31?,32?,33?,42-,45?/m0/s1. The number of hydrogen-bond acceptors (Lipinski definition) is 1. The number of aryl methyl sites for hydroxylation is 1. The fraction of sp³-hybridized carbons (Fsp3) is 0.267. The fourth-order valence-electron chi connectivity index (χ4n) is 9.95. The second-order valence-electron chi connectivity index (χ2n) is 14.9. The van der Waals surface area contributed by atoms with Crippen LogP contribution in [0, 0.1) is 30.1 Å². The van der Waals surface area contributed by atoms with Crippen LogP contribution in [0.3, 0.4) is 0 Å². The van der Waals surface area contributed by atoms with Crippen molar-refractivity contribution in [1.29, 1.82) is 0 Å². The third kappa shape index (κ3) is 4.99. The Morgan fingerprint density at radius 2 is 1.17 bits per heavy atom. The van der Waals surface area contributed by atoms with Crippen LogP contribution in [0.1, 0.15) is 61.3 Å². The van der Waals surface area contributed by atoms with Crippen LogP contribution in [0.5, 0.6) is 0 Å². The number of rotatable bonds is 7. The van der Waals surface area contributed by atoms with Crippen LogP contribution < -0.4 is 5.32 Å². The molecule has 4 bridgehead atoms. The fourth-order valence-corrected chi connectivity index (χ4v) is 9.95. The second-order valence-corrected chi connectivity index (χ2v) is 14.9. The van der Waals surface area contributed by atoms with E-state index in [9.17, 15) is 4.79 Å². The first-order chi connectivity index (χ1) is 23.5. The summed E-state index contributed by atoms with van der Waals surface area (Å²) in [6.07, 6.45) is 7.24. The Morgan fingerprint density at radius 1 is 0.646 bits per heavy atom. The number of carbonyl (C=O) groups excluding carboxylic acids is 1. The highest BCUT2D eigenvalue weighted by molar-refractivity contribution is 6.05. The molecule has 4 saturated carbocycles. The molecule has 1 aromatic heterocycles. The molecule has 0 radical (unpaired) electrons. The second kappa shape index (κ2) is 11.7. The number of benzene rings is 5. The van der Waals surface area contributed by atoms with E-state index in [2.05, 4.69) is 150 Å². The van der Waals surface area contributed by atoms with Gasteiger partial charge in [0.25, 0.3) is 0 Å². The normalized spacial score (nSPS) is 23.3. The summed E-state index contributed by atoms with van der Waals surface area (Å²) in [5.74, 6) is 2.49. The number of hydrogen-bond donors (Lipinski definition) is 1. The van der Waals surface area contributed by atoms with Crippen molar-refractivity contribution in [3.05, 3.63) is 150 Å². The summed E-state index contributed by atoms with van der Waals surface area (Å²) in [4.78, 5) is 13.9. The lowest BCUT2D eigenvalue weighted by atomic mass is 9.49. The average molecular weight is 627 g/mol. The maximum atomic E-state index is 13.9. The van der Waals surface area contributed by atoms with Gasteiger partial charge in [0, 0.05) is 16.6 Å². The Bertz CT molecular complexity index is 2060. The van der Waals surface area contributed by atoms with Crippen LogP contribution in [-0.4, -0.2) is 10.5 Å². The first-order valence-electron chi connectivity index (χ1n) is 17.8. The van der Waals surface area contributed by atoms with Gasteiger partial charge in [-0.15, -0.1) is 0 Å². The highest BCUT2D eigenvalue weighted by Crippen LogP contribution is 2.60. The van der Waals surface area contributed by atoms with Crippen LogP contribution in [0.2, 0.25) is 0 Å². The van der Waals surface area contributed by atoms with Gasteiger partial charge in [0.2, 0.25) is 5.91 Å². The summed E-state index contributed by atoms with van der Waals surface area (Å²) in [5, 5.41) is 4.63. The molecule has 4 fully saturated rings. The van der Waals surface area contributed by atoms with Crippen molar-refractivity contribution in [2.45, 2.75) is 51.5 Å². The molecular weight excluding hydrogens is 585 g/mol. The summed E-state index contributed by atoms with van der Waals surface area (Å²) in [7, 11) is 0. The predicted molar refractivity (Wildman–Crippen MR) is 197 cm³/mol. The zero-order valence-corrected chi connectivity index (χ0v) is 27.6. The van der Waals surface area contributed by atoms with Crippen molar-refractivity contribution in [3.8, 4) is 22.4 Å². The molecule has 6 aromatic rings. The SMILES string of the molecule is Cc1ccc([C@@H](c2ccc(NC(=O)C34CC5CC(CC(C5)C3)C4)cc2)n2c(-c3ccccc3)c(-c3ccccc3)c3ccccc32)cc1. The molecule has 1 heterocycles. The molecule has 0 spiro atoms. The molecule has 0 saturated heterocycles. The molecule has 3 nitrogen and oxygen atoms in total. The molecule has 0 unspecified atom stereocenters. The van der Waals surface area contributed by atoms with Crippen molar-refractivity contribution in [2.24, 2.45) is 23.2 Å². The molecule has 10 rings (SSSR count). The van der Waals surface area contributed by atoms with Crippen LogP contribution in [0.25, 0.3) is 33.3 Å². The molecule has 1 amide bonds. The number of carbonyl (C=O) groups is 1. The van der Waals surface area contributed by atoms with Gasteiger partial charge in [-0.2, -0.15) is 0 Å². The minimum absolute atomic E-state index is 0.0870. The highest BCUT2D eigenvalue weighted by Gasteiger charge is 2.54. The largest absolute Gasteiger partial charge is 0.328 e. The van der Waals surface area contributed by atoms with E-state index in [4.69, 9.17) is 0 Å². The van der Waals surface area contributed by atoms with E-state index in [1.807, 2.05) is 0 Å². The molecule has 5 aromatic carbocycles. The van der Waals surface area contributed by atoms with E-state index in [1.165, 1.54) is 69.2 Å². The quantitative estimate of drug-likeness (QED) is 0.188. The molecule has 238 valence electrons. The molecule has 3 heteroatoms. The van der Waals surface area contributed by atoms with Crippen molar-refractivity contribution in [1.82, 2.24) is 4.57 Å². The molecule has 4 aliphatic carbocycles. The van der Waals surface area contributed by atoms with Gasteiger partial charge >= 0.3 is 0 Å². The summed E-state index contributed by atoms with van der Waals surface area (Å²) in [6, 6.07) is 48.0. The average Bonchev–Trinajstić information content (AvgIpc) is 3.45. The monoisotopic (exact) mass is 626 g/mol. The van der Waals surface area contributed by atoms with Crippen LogP contribution in [0.4, 0.5) is 5.69 Å². The summed E-state index contributed by atoms with van der Waals surface area (Å²) in [5.41, 5.74) is 10.4. The van der Waals surface area contributed by atoms with Crippen molar-refractivity contribution in [3.63, 3.8) is 0 Å². The Balaban J connectivity index is 1.17. The Labute approximate surface area is 283 Å². The van der Waals surface area contributed by atoms with Gasteiger partial charge in [-0.3, -0.25) is 4.79 Å². The first-order valence-corrected chi connectivity index (χ1v) is 17.8. The number of nitrogens with zero attached hydrogens (tertiary/aromatic N) is 1. The van der Waals surface area contributed by atoms with Crippen LogP contribution in [0.15, 0.2) is 133 Å². The van der Waals surface area contributed by atoms with E-state index in [0.717, 1.165) is 42.7 Å². The maximum absolute atomic E-state index is 13.9. The number of amides is 1. The molecule has 1 atom stereocenters. The van der Waals surface area contributed by atoms with E-state index in [0.29, 0.717) is 0 Å². The summed E-state index contributed by atoms with van der Waals surface area (Å²) < 4.78 is 2.54. The van der Waals surface area contributed by atoms with Crippen molar-refractivity contribution >= 4 is 22.5 Å². The molecule has 48 heavy (non-hydrogen) atoms. The van der Waals surface area contributed by atoms with Gasteiger partial charge < -0.3 is 9.88 Å². The third-order valence-corrected chi connectivity index (χ3v) is 11.7. The minimum Gasteiger partial charge on any atom is -0.328 e. The Morgan fingerprint density at radius 3 is 1.77 bits per heavy atom. The van der Waals surface area contributed by atoms with Crippen molar-refractivity contribution < 1.29 is 4.79 Å². The lowest BCUT2D eigenvalue weighted by Gasteiger charge is -2.55. The third-order valence-electron chi connectivity index (χ3n) is 11.7. The van der Waals surface area contributed by atoms with Gasteiger partial charge in [-0.25, -0.2) is 0 Å². The van der Waals surface area contributed by atoms with E-state index >= 15 is 0 Å². The first kappa shape index (κ1) is 29.3. The minimum atomic E-state index is -0.166. The lowest BCUT2D eigenvalue weighted by molar-refractivity contribution is -0.140. The van der Waals surface area contributed by atoms with Gasteiger partial charge in [0.05, 0.1) is 22.7 Å². The number of fused-ring (bicyclic) bond motifs is 1. The molecule has 0 aliphatic heterocycles. The topological polar surface area (TPSA) is 34.0 Å². The number of para-hydroxylation sites is 1. The Hall–Kier alpha value is -4.89. The number of aromatic nitrogens is 1. The predicted octanol–water partition coefficient (Wildman–Crippen LogP) is 11.1. The Kier molecular flexibility index (Phi) is 7.11. The van der Waals surface area contributed by atoms with Gasteiger partial charge in [0.15, 0.2) is 0 Å². The van der Waals surface area contributed by atoms with Crippen LogP contribution >= 0.6 is 0 Å². The van der Waals surface area contributed by atoms with E-state index in [-0.39, 0.29) is 17.4 Å².